The maximum atomic E-state index is 11.5. The fraction of sp³-hybridized carbons (Fsp3) is 0.300. The first-order valence-corrected chi connectivity index (χ1v) is 5.75. The Labute approximate surface area is 110 Å². The molecule has 1 atom stereocenters. The van der Waals surface area contributed by atoms with E-state index in [9.17, 15) is 4.79 Å². The van der Waals surface area contributed by atoms with Gasteiger partial charge in [0.05, 0.1) is 22.5 Å². The van der Waals surface area contributed by atoms with Crippen LogP contribution in [0.4, 0.5) is 10.5 Å². The van der Waals surface area contributed by atoms with Gasteiger partial charge in [0.2, 0.25) is 0 Å². The van der Waals surface area contributed by atoms with Gasteiger partial charge in [-0.2, -0.15) is 12.6 Å². The summed E-state index contributed by atoms with van der Waals surface area (Å²) in [5, 5.41) is 0.480. The van der Waals surface area contributed by atoms with Gasteiger partial charge in [-0.3, -0.25) is 4.90 Å². The van der Waals surface area contributed by atoms with Gasteiger partial charge in [0, 0.05) is 5.69 Å². The van der Waals surface area contributed by atoms with E-state index in [0.717, 1.165) is 0 Å². The normalized spacial score (nSPS) is 12.1. The predicted molar refractivity (Wildman–Crippen MR) is 69.8 cm³/mol. The maximum absolute atomic E-state index is 11.5. The molecule has 88 valence electrons. The lowest BCUT2D eigenvalue weighted by molar-refractivity contribution is 0.178. The van der Waals surface area contributed by atoms with Gasteiger partial charge in [0.15, 0.2) is 0 Å². The van der Waals surface area contributed by atoms with Crippen molar-refractivity contribution >= 4 is 47.6 Å². The summed E-state index contributed by atoms with van der Waals surface area (Å²) in [7, 11) is 1.31. The minimum Gasteiger partial charge on any atom is -0.452 e. The minimum atomic E-state index is -0.499. The zero-order valence-corrected chi connectivity index (χ0v) is 11.2. The third-order valence-electron chi connectivity index (χ3n) is 1.93. The quantitative estimate of drug-likeness (QED) is 0.658. The van der Waals surface area contributed by atoms with Crippen molar-refractivity contribution < 1.29 is 9.53 Å². The van der Waals surface area contributed by atoms with Crippen molar-refractivity contribution in [3.63, 3.8) is 0 Å². The van der Waals surface area contributed by atoms with Crippen molar-refractivity contribution in [3.8, 4) is 0 Å². The third kappa shape index (κ3) is 2.97. The highest BCUT2D eigenvalue weighted by molar-refractivity contribution is 7.81. The molecule has 0 saturated heterocycles. The second-order valence-corrected chi connectivity index (χ2v) is 4.63. The van der Waals surface area contributed by atoms with Crippen molar-refractivity contribution in [1.82, 2.24) is 0 Å². The van der Waals surface area contributed by atoms with Crippen LogP contribution in [0.2, 0.25) is 10.0 Å². The highest BCUT2D eigenvalue weighted by atomic mass is 35.5. The number of hydrogen-bond acceptors (Lipinski definition) is 3. The number of nitrogens with zero attached hydrogens (tertiary/aromatic N) is 1. The molecule has 1 unspecified atom stereocenters. The first kappa shape index (κ1) is 13.5. The Bertz CT molecular complexity index is 398. The van der Waals surface area contributed by atoms with Crippen LogP contribution in [0.25, 0.3) is 0 Å². The molecule has 0 bridgehead atoms. The summed E-state index contributed by atoms with van der Waals surface area (Å²) >= 11 is 15.9. The molecular formula is C10H11Cl2NO2S. The van der Waals surface area contributed by atoms with Crippen LogP contribution in [0.15, 0.2) is 18.2 Å². The predicted octanol–water partition coefficient (Wildman–Crippen LogP) is 3.84. The van der Waals surface area contributed by atoms with Crippen molar-refractivity contribution in [1.29, 1.82) is 0 Å². The molecule has 0 aliphatic heterocycles. The molecule has 0 fully saturated rings. The van der Waals surface area contributed by atoms with Gasteiger partial charge >= 0.3 is 6.09 Å². The average molecular weight is 280 g/mol. The summed E-state index contributed by atoms with van der Waals surface area (Å²) in [5.74, 6) is 0. The number of thiol groups is 1. The van der Waals surface area contributed by atoms with Crippen LogP contribution < -0.4 is 4.90 Å². The van der Waals surface area contributed by atoms with Gasteiger partial charge in [-0.05, 0) is 25.1 Å². The first-order chi connectivity index (χ1) is 7.47. The molecule has 0 saturated carbocycles. The number of benzene rings is 1. The molecular weight excluding hydrogens is 269 g/mol. The molecule has 0 heterocycles. The number of carbonyl (C=O) groups excluding carboxylic acids is 1. The van der Waals surface area contributed by atoms with Crippen LogP contribution in [0.5, 0.6) is 0 Å². The topological polar surface area (TPSA) is 29.5 Å². The van der Waals surface area contributed by atoms with Crippen LogP contribution in [-0.2, 0) is 4.74 Å². The molecule has 0 aliphatic carbocycles. The Hall–Kier alpha value is -0.580. The van der Waals surface area contributed by atoms with E-state index in [1.54, 1.807) is 25.1 Å². The van der Waals surface area contributed by atoms with Gasteiger partial charge in [0.1, 0.15) is 0 Å². The summed E-state index contributed by atoms with van der Waals surface area (Å²) < 4.78 is 4.66. The van der Waals surface area contributed by atoms with Crippen LogP contribution in [0.3, 0.4) is 0 Å². The number of carbonyl (C=O) groups is 1. The molecule has 0 aliphatic rings. The summed E-state index contributed by atoms with van der Waals surface area (Å²) in [6.07, 6.45) is -0.499. The number of methoxy groups -OCH3 is 1. The van der Waals surface area contributed by atoms with E-state index >= 15 is 0 Å². The third-order valence-corrected chi connectivity index (χ3v) is 2.90. The monoisotopic (exact) mass is 279 g/mol. The lowest BCUT2D eigenvalue weighted by Crippen LogP contribution is -2.35. The summed E-state index contributed by atoms with van der Waals surface area (Å²) in [6, 6.07) is 4.89. The smallest absolute Gasteiger partial charge is 0.414 e. The molecule has 16 heavy (non-hydrogen) atoms. The second-order valence-electron chi connectivity index (χ2n) is 3.07. The van der Waals surface area contributed by atoms with Crippen LogP contribution >= 0.6 is 35.8 Å². The van der Waals surface area contributed by atoms with Crippen LogP contribution in [-0.4, -0.2) is 18.6 Å². The standard InChI is InChI=1S/C10H11Cl2NO2S/c1-6(16)13(10(14)15-2)7-3-4-8(11)9(12)5-7/h3-6,16H,1-2H3. The van der Waals surface area contributed by atoms with Crippen LogP contribution in [0.1, 0.15) is 6.92 Å². The van der Waals surface area contributed by atoms with Gasteiger partial charge in [-0.1, -0.05) is 23.2 Å². The molecule has 0 radical (unpaired) electrons. The Morgan fingerprint density at radius 2 is 2.06 bits per heavy atom. The number of amides is 1. The molecule has 1 amide bonds. The summed E-state index contributed by atoms with van der Waals surface area (Å²) in [4.78, 5) is 12.9. The second kappa shape index (κ2) is 5.66. The van der Waals surface area contributed by atoms with Gasteiger partial charge in [0.25, 0.3) is 0 Å². The molecule has 6 heteroatoms. The number of halogens is 2. The number of anilines is 1. The van der Waals surface area contributed by atoms with Crippen molar-refractivity contribution in [2.75, 3.05) is 12.0 Å². The van der Waals surface area contributed by atoms with E-state index in [1.165, 1.54) is 12.0 Å². The highest BCUT2D eigenvalue weighted by Crippen LogP contribution is 2.29. The Balaban J connectivity index is 3.11. The van der Waals surface area contributed by atoms with E-state index in [4.69, 9.17) is 23.2 Å². The molecule has 3 nitrogen and oxygen atoms in total. The van der Waals surface area contributed by atoms with Crippen molar-refractivity contribution in [3.05, 3.63) is 28.2 Å². The van der Waals surface area contributed by atoms with E-state index in [2.05, 4.69) is 17.4 Å². The highest BCUT2D eigenvalue weighted by Gasteiger charge is 2.20. The van der Waals surface area contributed by atoms with E-state index in [1.807, 2.05) is 0 Å². The Morgan fingerprint density at radius 3 is 2.50 bits per heavy atom. The lowest BCUT2D eigenvalue weighted by atomic mass is 10.3. The Kier molecular flexibility index (Phi) is 4.77. The minimum absolute atomic E-state index is 0.329. The average Bonchev–Trinajstić information content (AvgIpc) is 2.22. The van der Waals surface area contributed by atoms with Gasteiger partial charge < -0.3 is 4.74 Å². The van der Waals surface area contributed by atoms with E-state index < -0.39 is 6.09 Å². The molecule has 1 rings (SSSR count). The molecule has 0 spiro atoms. The fourth-order valence-electron chi connectivity index (χ4n) is 1.21. The SMILES string of the molecule is COC(=O)N(c1ccc(Cl)c(Cl)c1)C(C)S. The first-order valence-electron chi connectivity index (χ1n) is 4.47. The lowest BCUT2D eigenvalue weighted by Gasteiger charge is -2.24. The van der Waals surface area contributed by atoms with Crippen LogP contribution in [0, 0.1) is 0 Å². The number of rotatable bonds is 2. The molecule has 0 N–H and O–H groups in total. The number of ether oxygens (including phenoxy) is 1. The number of hydrogen-bond donors (Lipinski definition) is 1. The summed E-state index contributed by atoms with van der Waals surface area (Å²) in [5.41, 5.74) is 0.587. The molecule has 1 aromatic rings. The van der Waals surface area contributed by atoms with Gasteiger partial charge in [-0.25, -0.2) is 4.79 Å². The zero-order valence-electron chi connectivity index (χ0n) is 8.78. The Morgan fingerprint density at radius 1 is 1.44 bits per heavy atom. The van der Waals surface area contributed by atoms with Crippen molar-refractivity contribution in [2.24, 2.45) is 0 Å². The van der Waals surface area contributed by atoms with E-state index in [-0.39, 0.29) is 5.37 Å². The largest absolute Gasteiger partial charge is 0.452 e. The zero-order chi connectivity index (χ0) is 12.3. The molecule has 0 aromatic heterocycles. The maximum Gasteiger partial charge on any atom is 0.414 e. The van der Waals surface area contributed by atoms with E-state index in [0.29, 0.717) is 15.7 Å². The fourth-order valence-corrected chi connectivity index (χ4v) is 1.73. The van der Waals surface area contributed by atoms with Crippen molar-refractivity contribution in [2.45, 2.75) is 12.3 Å². The van der Waals surface area contributed by atoms with Gasteiger partial charge in [-0.15, -0.1) is 0 Å². The summed E-state index contributed by atoms with van der Waals surface area (Å²) in [6.45, 7) is 1.75. The molecule has 1 aromatic carbocycles.